The number of benzene rings is 1. The van der Waals surface area contributed by atoms with Gasteiger partial charge in [0.25, 0.3) is 0 Å². The van der Waals surface area contributed by atoms with Crippen LogP contribution in [-0.2, 0) is 14.8 Å². The number of carbonyl (C=O) groups is 2. The molecule has 0 aliphatic carbocycles. The molecule has 1 aliphatic rings. The molecule has 1 aliphatic heterocycles. The van der Waals surface area contributed by atoms with Crippen molar-refractivity contribution in [3.8, 4) is 5.75 Å². The number of aryl methyl sites for hydroxylation is 1. The number of ether oxygens (including phenoxy) is 1. The molecule has 2 N–H and O–H groups in total. The number of carbonyl (C=O) groups excluding carboxylic acids is 2. The summed E-state index contributed by atoms with van der Waals surface area (Å²) in [5.74, 6) is 0.195. The van der Waals surface area contributed by atoms with E-state index in [9.17, 15) is 18.0 Å². The first kappa shape index (κ1) is 16.2. The molecule has 1 aromatic rings. The SMILES string of the molecule is COc1ccc(S(=O)(=O)NCCN2C(=O)CNC2=O)c(C)c1. The van der Waals surface area contributed by atoms with Crippen LogP contribution in [0.5, 0.6) is 5.75 Å². The van der Waals surface area contributed by atoms with Gasteiger partial charge < -0.3 is 10.1 Å². The van der Waals surface area contributed by atoms with Crippen LogP contribution >= 0.6 is 0 Å². The summed E-state index contributed by atoms with van der Waals surface area (Å²) in [5, 5.41) is 2.37. The second-order valence-electron chi connectivity index (χ2n) is 4.73. The van der Waals surface area contributed by atoms with Gasteiger partial charge in [0.15, 0.2) is 0 Å². The van der Waals surface area contributed by atoms with E-state index in [0.29, 0.717) is 11.3 Å². The first-order chi connectivity index (χ1) is 10.3. The standard InChI is InChI=1S/C13H17N3O5S/c1-9-7-10(21-2)3-4-11(9)22(19,20)15-5-6-16-12(17)8-14-13(16)18/h3-4,7,15H,5-6,8H2,1-2H3,(H,14,18). The number of nitrogens with zero attached hydrogens (tertiary/aromatic N) is 1. The van der Waals surface area contributed by atoms with Gasteiger partial charge in [-0.25, -0.2) is 17.9 Å². The van der Waals surface area contributed by atoms with Crippen molar-refractivity contribution in [1.29, 1.82) is 0 Å². The highest BCUT2D eigenvalue weighted by molar-refractivity contribution is 7.89. The van der Waals surface area contributed by atoms with Crippen molar-refractivity contribution in [2.75, 3.05) is 26.7 Å². The minimum Gasteiger partial charge on any atom is -0.497 e. The van der Waals surface area contributed by atoms with Crippen LogP contribution in [0.4, 0.5) is 4.79 Å². The van der Waals surface area contributed by atoms with Crippen LogP contribution in [0.1, 0.15) is 5.56 Å². The van der Waals surface area contributed by atoms with Crippen molar-refractivity contribution in [2.45, 2.75) is 11.8 Å². The van der Waals surface area contributed by atoms with Gasteiger partial charge in [-0.15, -0.1) is 0 Å². The van der Waals surface area contributed by atoms with E-state index in [1.165, 1.54) is 13.2 Å². The molecule has 1 saturated heterocycles. The number of sulfonamides is 1. The molecular weight excluding hydrogens is 310 g/mol. The van der Waals surface area contributed by atoms with E-state index in [1.807, 2.05) is 0 Å². The maximum atomic E-state index is 12.2. The summed E-state index contributed by atoms with van der Waals surface area (Å²) in [7, 11) is -2.22. The highest BCUT2D eigenvalue weighted by atomic mass is 32.2. The summed E-state index contributed by atoms with van der Waals surface area (Å²) < 4.78 is 31.9. The van der Waals surface area contributed by atoms with Crippen LogP contribution in [0.15, 0.2) is 23.1 Å². The zero-order chi connectivity index (χ0) is 16.3. The molecule has 1 aromatic carbocycles. The Bertz CT molecular complexity index is 686. The number of hydrogen-bond donors (Lipinski definition) is 2. The van der Waals surface area contributed by atoms with Gasteiger partial charge in [0, 0.05) is 13.1 Å². The lowest BCUT2D eigenvalue weighted by molar-refractivity contribution is -0.124. The lowest BCUT2D eigenvalue weighted by Crippen LogP contribution is -2.38. The maximum Gasteiger partial charge on any atom is 0.324 e. The van der Waals surface area contributed by atoms with E-state index in [0.717, 1.165) is 4.90 Å². The Labute approximate surface area is 128 Å². The van der Waals surface area contributed by atoms with E-state index in [2.05, 4.69) is 10.0 Å². The minimum absolute atomic E-state index is 0.0148. The average Bonchev–Trinajstić information content (AvgIpc) is 2.78. The summed E-state index contributed by atoms with van der Waals surface area (Å²) in [6, 6.07) is 4.11. The number of amides is 3. The van der Waals surface area contributed by atoms with Gasteiger partial charge >= 0.3 is 6.03 Å². The van der Waals surface area contributed by atoms with Crippen LogP contribution in [0.3, 0.4) is 0 Å². The van der Waals surface area contributed by atoms with Gasteiger partial charge in [0.2, 0.25) is 15.9 Å². The van der Waals surface area contributed by atoms with Crippen LogP contribution in [0, 0.1) is 6.92 Å². The van der Waals surface area contributed by atoms with E-state index in [4.69, 9.17) is 4.74 Å². The normalized spacial score (nSPS) is 15.1. The molecule has 8 nitrogen and oxygen atoms in total. The summed E-state index contributed by atoms with van der Waals surface area (Å²) in [5.41, 5.74) is 0.543. The van der Waals surface area contributed by atoms with Crippen LogP contribution in [-0.4, -0.2) is 52.0 Å². The van der Waals surface area contributed by atoms with Crippen molar-refractivity contribution in [2.24, 2.45) is 0 Å². The lowest BCUT2D eigenvalue weighted by atomic mass is 10.2. The molecular formula is C13H17N3O5S. The van der Waals surface area contributed by atoms with Gasteiger partial charge in [-0.3, -0.25) is 9.69 Å². The van der Waals surface area contributed by atoms with Crippen molar-refractivity contribution >= 4 is 22.0 Å². The van der Waals surface area contributed by atoms with Gasteiger partial charge in [0.05, 0.1) is 18.6 Å². The Balaban J connectivity index is 2.02. The van der Waals surface area contributed by atoms with Crippen LogP contribution in [0.25, 0.3) is 0 Å². The molecule has 0 saturated carbocycles. The number of imide groups is 1. The fourth-order valence-corrected chi connectivity index (χ4v) is 3.35. The van der Waals surface area contributed by atoms with E-state index in [-0.39, 0.29) is 30.4 Å². The highest BCUT2D eigenvalue weighted by Crippen LogP contribution is 2.20. The molecule has 120 valence electrons. The van der Waals surface area contributed by atoms with Gasteiger partial charge in [0.1, 0.15) is 5.75 Å². The van der Waals surface area contributed by atoms with Crippen molar-refractivity contribution < 1.29 is 22.7 Å². The molecule has 22 heavy (non-hydrogen) atoms. The van der Waals surface area contributed by atoms with Crippen molar-refractivity contribution in [3.63, 3.8) is 0 Å². The van der Waals surface area contributed by atoms with Crippen molar-refractivity contribution in [3.05, 3.63) is 23.8 Å². The third kappa shape index (κ3) is 3.37. The fraction of sp³-hybridized carbons (Fsp3) is 0.385. The number of methoxy groups -OCH3 is 1. The molecule has 0 spiro atoms. The number of urea groups is 1. The third-order valence-corrected chi connectivity index (χ3v) is 4.86. The van der Waals surface area contributed by atoms with Gasteiger partial charge in [-0.05, 0) is 30.7 Å². The molecule has 0 radical (unpaired) electrons. The first-order valence-electron chi connectivity index (χ1n) is 6.57. The van der Waals surface area contributed by atoms with E-state index < -0.39 is 16.1 Å². The molecule has 9 heteroatoms. The molecule has 0 aromatic heterocycles. The number of hydrogen-bond acceptors (Lipinski definition) is 5. The Morgan fingerprint density at radius 3 is 2.64 bits per heavy atom. The molecule has 0 bridgehead atoms. The molecule has 2 rings (SSSR count). The summed E-state index contributed by atoms with van der Waals surface area (Å²) in [6.07, 6.45) is 0. The van der Waals surface area contributed by atoms with Crippen molar-refractivity contribution in [1.82, 2.24) is 14.9 Å². The maximum absolute atomic E-state index is 12.2. The number of rotatable bonds is 6. The summed E-state index contributed by atoms with van der Waals surface area (Å²) in [6.45, 7) is 1.55. The molecule has 1 fully saturated rings. The minimum atomic E-state index is -3.72. The quantitative estimate of drug-likeness (QED) is 0.706. The molecule has 1 heterocycles. The Hall–Kier alpha value is -2.13. The summed E-state index contributed by atoms with van der Waals surface area (Å²) >= 11 is 0. The molecule has 0 unspecified atom stereocenters. The zero-order valence-electron chi connectivity index (χ0n) is 12.3. The predicted octanol–water partition coefficient (Wildman–Crippen LogP) is -0.166. The third-order valence-electron chi connectivity index (χ3n) is 3.24. The molecule has 0 atom stereocenters. The topological polar surface area (TPSA) is 105 Å². The number of nitrogens with one attached hydrogen (secondary N) is 2. The second-order valence-corrected chi connectivity index (χ2v) is 6.47. The van der Waals surface area contributed by atoms with Gasteiger partial charge in [-0.2, -0.15) is 0 Å². The predicted molar refractivity (Wildman–Crippen MR) is 78.0 cm³/mol. The van der Waals surface area contributed by atoms with Gasteiger partial charge in [-0.1, -0.05) is 0 Å². The Morgan fingerprint density at radius 1 is 1.36 bits per heavy atom. The Morgan fingerprint density at radius 2 is 2.09 bits per heavy atom. The first-order valence-corrected chi connectivity index (χ1v) is 8.06. The fourth-order valence-electron chi connectivity index (χ4n) is 2.10. The second kappa shape index (κ2) is 6.32. The molecule has 3 amide bonds. The van der Waals surface area contributed by atoms with E-state index >= 15 is 0 Å². The van der Waals surface area contributed by atoms with E-state index in [1.54, 1.807) is 19.1 Å². The smallest absolute Gasteiger partial charge is 0.324 e. The monoisotopic (exact) mass is 327 g/mol. The summed E-state index contributed by atoms with van der Waals surface area (Å²) in [4.78, 5) is 23.8. The highest BCUT2D eigenvalue weighted by Gasteiger charge is 2.28. The van der Waals surface area contributed by atoms with Crippen LogP contribution < -0.4 is 14.8 Å². The zero-order valence-corrected chi connectivity index (χ0v) is 13.1. The Kier molecular flexibility index (Phi) is 4.67. The average molecular weight is 327 g/mol. The lowest BCUT2D eigenvalue weighted by Gasteiger charge is -2.14. The van der Waals surface area contributed by atoms with Crippen LogP contribution in [0.2, 0.25) is 0 Å². The largest absolute Gasteiger partial charge is 0.497 e.